The Morgan fingerprint density at radius 1 is 1.38 bits per heavy atom. The van der Waals surface area contributed by atoms with Gasteiger partial charge in [0.1, 0.15) is 24.0 Å². The van der Waals surface area contributed by atoms with E-state index in [4.69, 9.17) is 10.5 Å². The molecule has 5 nitrogen and oxygen atoms in total. The summed E-state index contributed by atoms with van der Waals surface area (Å²) in [6.07, 6.45) is 3.26. The minimum Gasteiger partial charge on any atom is -0.485 e. The van der Waals surface area contributed by atoms with Gasteiger partial charge in [-0.15, -0.1) is 10.2 Å². The van der Waals surface area contributed by atoms with Crippen LogP contribution < -0.4 is 10.5 Å². The van der Waals surface area contributed by atoms with Gasteiger partial charge in [-0.3, -0.25) is 0 Å². The Morgan fingerprint density at radius 2 is 2.24 bits per heavy atom. The van der Waals surface area contributed by atoms with Gasteiger partial charge in [0.15, 0.2) is 5.82 Å². The molecule has 1 aliphatic rings. The third kappa shape index (κ3) is 2.90. The summed E-state index contributed by atoms with van der Waals surface area (Å²) in [6, 6.07) is 4.12. The molecule has 1 unspecified atom stereocenters. The summed E-state index contributed by atoms with van der Waals surface area (Å²) >= 11 is 0. The molecule has 0 bridgehead atoms. The molecule has 0 aliphatic carbocycles. The molecule has 1 atom stereocenters. The minimum atomic E-state index is -0.311. The molecule has 3 rings (SSSR count). The summed E-state index contributed by atoms with van der Waals surface area (Å²) in [5, 5.41) is 8.38. The van der Waals surface area contributed by atoms with Crippen LogP contribution in [0, 0.1) is 5.82 Å². The average molecular weight is 290 g/mol. The van der Waals surface area contributed by atoms with E-state index in [0.717, 1.165) is 37.5 Å². The van der Waals surface area contributed by atoms with E-state index in [-0.39, 0.29) is 11.9 Å². The summed E-state index contributed by atoms with van der Waals surface area (Å²) in [6.45, 7) is 3.06. The van der Waals surface area contributed by atoms with Gasteiger partial charge in [0.25, 0.3) is 0 Å². The van der Waals surface area contributed by atoms with Crippen molar-refractivity contribution in [3.63, 3.8) is 0 Å². The molecule has 1 aromatic carbocycles. The Morgan fingerprint density at radius 3 is 3.05 bits per heavy atom. The van der Waals surface area contributed by atoms with Gasteiger partial charge in [0.05, 0.1) is 0 Å². The third-order valence-electron chi connectivity index (χ3n) is 3.76. The maximum Gasteiger partial charge on any atom is 0.171 e. The zero-order chi connectivity index (χ0) is 14.8. The first kappa shape index (κ1) is 14.0. The van der Waals surface area contributed by atoms with E-state index in [9.17, 15) is 4.39 Å². The predicted molar refractivity (Wildman–Crippen MR) is 76.3 cm³/mol. The van der Waals surface area contributed by atoms with Crippen LogP contribution in [0.4, 0.5) is 4.39 Å². The van der Waals surface area contributed by atoms with Crippen LogP contribution in [-0.2, 0) is 19.6 Å². The summed E-state index contributed by atoms with van der Waals surface area (Å²) in [7, 11) is 0. The second-order valence-electron chi connectivity index (χ2n) is 5.40. The Kier molecular flexibility index (Phi) is 3.88. The first-order valence-electron chi connectivity index (χ1n) is 7.24. The Labute approximate surface area is 122 Å². The van der Waals surface area contributed by atoms with Crippen molar-refractivity contribution in [3.05, 3.63) is 41.2 Å². The lowest BCUT2D eigenvalue weighted by Gasteiger charge is -2.16. The van der Waals surface area contributed by atoms with Crippen molar-refractivity contribution in [1.29, 1.82) is 0 Å². The molecule has 0 fully saturated rings. The summed E-state index contributed by atoms with van der Waals surface area (Å²) in [4.78, 5) is 0. The predicted octanol–water partition coefficient (Wildman–Crippen LogP) is 2.35. The molecule has 2 N–H and O–H groups in total. The molecule has 112 valence electrons. The van der Waals surface area contributed by atoms with E-state index in [2.05, 4.69) is 14.8 Å². The lowest BCUT2D eigenvalue weighted by Crippen LogP contribution is -2.15. The Bertz CT molecular complexity index is 639. The first-order chi connectivity index (χ1) is 10.1. The molecule has 0 amide bonds. The van der Waals surface area contributed by atoms with Crippen LogP contribution in [0.5, 0.6) is 5.75 Å². The van der Waals surface area contributed by atoms with Crippen molar-refractivity contribution in [2.45, 2.75) is 45.4 Å². The summed E-state index contributed by atoms with van der Waals surface area (Å²) in [5.74, 6) is 2.12. The Hall–Kier alpha value is -1.95. The van der Waals surface area contributed by atoms with Crippen LogP contribution in [0.3, 0.4) is 0 Å². The number of hydrogen-bond donors (Lipinski definition) is 1. The quantitative estimate of drug-likeness (QED) is 0.938. The van der Waals surface area contributed by atoms with Gasteiger partial charge >= 0.3 is 0 Å². The van der Waals surface area contributed by atoms with Crippen molar-refractivity contribution >= 4 is 0 Å². The highest BCUT2D eigenvalue weighted by Crippen LogP contribution is 2.25. The second-order valence-corrected chi connectivity index (χ2v) is 5.40. The average Bonchev–Trinajstić information content (AvgIpc) is 2.89. The summed E-state index contributed by atoms with van der Waals surface area (Å²) in [5.41, 5.74) is 6.52. The fourth-order valence-electron chi connectivity index (χ4n) is 2.62. The molecule has 0 spiro atoms. The van der Waals surface area contributed by atoms with Crippen LogP contribution in [0.25, 0.3) is 0 Å². The molecular formula is C15H19FN4O. The van der Waals surface area contributed by atoms with E-state index in [1.807, 2.05) is 0 Å². The SMILES string of the molecule is CC(N)c1cc(F)ccc1OCc1nnc2n1CCCC2. The highest BCUT2D eigenvalue weighted by atomic mass is 19.1. The van der Waals surface area contributed by atoms with E-state index >= 15 is 0 Å². The van der Waals surface area contributed by atoms with Gasteiger partial charge < -0.3 is 15.0 Å². The van der Waals surface area contributed by atoms with E-state index in [1.54, 1.807) is 13.0 Å². The highest BCUT2D eigenvalue weighted by molar-refractivity contribution is 5.36. The molecule has 0 radical (unpaired) electrons. The highest BCUT2D eigenvalue weighted by Gasteiger charge is 2.17. The van der Waals surface area contributed by atoms with Crippen LogP contribution in [0.15, 0.2) is 18.2 Å². The van der Waals surface area contributed by atoms with Gasteiger partial charge in [-0.05, 0) is 38.0 Å². The van der Waals surface area contributed by atoms with Crippen LogP contribution in [0.2, 0.25) is 0 Å². The molecular weight excluding hydrogens is 271 g/mol. The van der Waals surface area contributed by atoms with Crippen LogP contribution in [0.1, 0.15) is 43.0 Å². The fourth-order valence-corrected chi connectivity index (χ4v) is 2.62. The van der Waals surface area contributed by atoms with E-state index < -0.39 is 0 Å². The van der Waals surface area contributed by atoms with Crippen molar-refractivity contribution in [1.82, 2.24) is 14.8 Å². The molecule has 6 heteroatoms. The molecule has 0 saturated heterocycles. The van der Waals surface area contributed by atoms with Gasteiger partial charge in [-0.2, -0.15) is 0 Å². The molecule has 2 heterocycles. The number of rotatable bonds is 4. The van der Waals surface area contributed by atoms with Crippen molar-refractivity contribution in [2.75, 3.05) is 0 Å². The molecule has 0 saturated carbocycles. The zero-order valence-corrected chi connectivity index (χ0v) is 12.1. The number of aryl methyl sites for hydroxylation is 1. The number of ether oxygens (including phenoxy) is 1. The number of nitrogens with two attached hydrogens (primary N) is 1. The van der Waals surface area contributed by atoms with Gasteiger partial charge in [-0.25, -0.2) is 4.39 Å². The number of hydrogen-bond acceptors (Lipinski definition) is 4. The van der Waals surface area contributed by atoms with E-state index in [0.29, 0.717) is 17.9 Å². The molecule has 2 aromatic rings. The number of aromatic nitrogens is 3. The number of fused-ring (bicyclic) bond motifs is 1. The molecule has 1 aliphatic heterocycles. The topological polar surface area (TPSA) is 66.0 Å². The second kappa shape index (κ2) is 5.81. The maximum absolute atomic E-state index is 13.3. The smallest absolute Gasteiger partial charge is 0.171 e. The van der Waals surface area contributed by atoms with Gasteiger partial charge in [0.2, 0.25) is 0 Å². The van der Waals surface area contributed by atoms with Crippen LogP contribution >= 0.6 is 0 Å². The molecule has 1 aromatic heterocycles. The number of halogens is 1. The number of benzene rings is 1. The maximum atomic E-state index is 13.3. The molecule has 21 heavy (non-hydrogen) atoms. The van der Waals surface area contributed by atoms with Crippen molar-refractivity contribution in [2.24, 2.45) is 5.73 Å². The first-order valence-corrected chi connectivity index (χ1v) is 7.24. The van der Waals surface area contributed by atoms with E-state index in [1.165, 1.54) is 12.1 Å². The minimum absolute atomic E-state index is 0.289. The number of nitrogens with zero attached hydrogens (tertiary/aromatic N) is 3. The summed E-state index contributed by atoms with van der Waals surface area (Å²) < 4.78 is 21.2. The monoisotopic (exact) mass is 290 g/mol. The lowest BCUT2D eigenvalue weighted by atomic mass is 10.1. The van der Waals surface area contributed by atoms with Gasteiger partial charge in [0, 0.05) is 24.6 Å². The van der Waals surface area contributed by atoms with Crippen LogP contribution in [-0.4, -0.2) is 14.8 Å². The van der Waals surface area contributed by atoms with Gasteiger partial charge in [-0.1, -0.05) is 0 Å². The third-order valence-corrected chi connectivity index (χ3v) is 3.76. The fraction of sp³-hybridized carbons (Fsp3) is 0.467. The largest absolute Gasteiger partial charge is 0.485 e. The van der Waals surface area contributed by atoms with Crippen molar-refractivity contribution < 1.29 is 9.13 Å². The Balaban J connectivity index is 1.77. The van der Waals surface area contributed by atoms with Crippen molar-refractivity contribution in [3.8, 4) is 5.75 Å². The zero-order valence-electron chi connectivity index (χ0n) is 12.1. The lowest BCUT2D eigenvalue weighted by molar-refractivity contribution is 0.281. The standard InChI is InChI=1S/C15H19FN4O/c1-10(17)12-8-11(16)5-6-13(12)21-9-15-19-18-14-4-2-3-7-20(14)15/h5-6,8,10H,2-4,7,9,17H2,1H3. The normalized spacial score (nSPS) is 15.6.